The molecule has 110 valence electrons. The molecule has 0 spiro atoms. The Morgan fingerprint density at radius 2 is 1.86 bits per heavy atom. The Hall–Kier alpha value is -2.30. The molecule has 21 heavy (non-hydrogen) atoms. The van der Waals surface area contributed by atoms with E-state index in [1.165, 1.54) is 17.9 Å². The molecular formula is C16H18NO4+. The second kappa shape index (κ2) is 5.24. The zero-order chi connectivity index (χ0) is 15.0. The van der Waals surface area contributed by atoms with Gasteiger partial charge in [-0.1, -0.05) is 0 Å². The van der Waals surface area contributed by atoms with Crippen LogP contribution in [0.5, 0.6) is 11.5 Å². The molecule has 0 fully saturated rings. The van der Waals surface area contributed by atoms with E-state index in [4.69, 9.17) is 9.47 Å². The lowest BCUT2D eigenvalue weighted by molar-refractivity contribution is -0.479. The average Bonchev–Trinajstić information content (AvgIpc) is 2.83. The maximum Gasteiger partial charge on any atom is 0.416 e. The molecule has 1 aromatic carbocycles. The maximum atomic E-state index is 11.8. The highest BCUT2D eigenvalue weighted by Gasteiger charge is 2.35. The van der Waals surface area contributed by atoms with E-state index in [-0.39, 0.29) is 17.7 Å². The number of hydrogen-bond acceptors (Lipinski definition) is 4. The highest BCUT2D eigenvalue weighted by molar-refractivity contribution is 5.95. The van der Waals surface area contributed by atoms with Crippen LogP contribution < -0.4 is 9.47 Å². The van der Waals surface area contributed by atoms with E-state index in [1.54, 1.807) is 18.8 Å². The second-order valence-corrected chi connectivity index (χ2v) is 5.32. The SMILES string of the molecule is COc1cc2c(cc1OC)CC([N+]1=CC(O)=CC1=O)CC2. The van der Waals surface area contributed by atoms with Gasteiger partial charge in [-0.15, -0.1) is 0 Å². The van der Waals surface area contributed by atoms with Crippen LogP contribution in [0.2, 0.25) is 0 Å². The van der Waals surface area contributed by atoms with Crippen LogP contribution in [-0.4, -0.2) is 42.1 Å². The Kier molecular flexibility index (Phi) is 3.41. The quantitative estimate of drug-likeness (QED) is 0.859. The van der Waals surface area contributed by atoms with E-state index in [0.717, 1.165) is 30.6 Å². The number of carbonyl (C=O) groups excluding carboxylic acids is 1. The smallest absolute Gasteiger partial charge is 0.416 e. The number of nitrogens with zero attached hydrogens (tertiary/aromatic N) is 1. The molecule has 1 aromatic rings. The van der Waals surface area contributed by atoms with Crippen LogP contribution in [0.1, 0.15) is 17.5 Å². The molecule has 1 aliphatic heterocycles. The number of rotatable bonds is 3. The van der Waals surface area contributed by atoms with Gasteiger partial charge in [-0.25, -0.2) is 4.79 Å². The second-order valence-electron chi connectivity index (χ2n) is 5.32. The van der Waals surface area contributed by atoms with E-state index < -0.39 is 0 Å². The number of hydrogen-bond donors (Lipinski definition) is 1. The summed E-state index contributed by atoms with van der Waals surface area (Å²) in [4.78, 5) is 11.8. The third kappa shape index (κ3) is 2.39. The number of benzene rings is 1. The third-order valence-corrected chi connectivity index (χ3v) is 4.10. The zero-order valence-corrected chi connectivity index (χ0v) is 12.1. The van der Waals surface area contributed by atoms with Crippen LogP contribution in [0, 0.1) is 0 Å². The monoisotopic (exact) mass is 288 g/mol. The summed E-state index contributed by atoms with van der Waals surface area (Å²) in [5.41, 5.74) is 2.39. The Morgan fingerprint density at radius 3 is 2.43 bits per heavy atom. The van der Waals surface area contributed by atoms with Crippen molar-refractivity contribution in [1.82, 2.24) is 0 Å². The van der Waals surface area contributed by atoms with Crippen LogP contribution in [0.15, 0.2) is 24.0 Å². The first kappa shape index (κ1) is 13.7. The first-order valence-electron chi connectivity index (χ1n) is 6.94. The van der Waals surface area contributed by atoms with E-state index in [9.17, 15) is 9.90 Å². The topological polar surface area (TPSA) is 58.8 Å². The molecule has 5 nitrogen and oxygen atoms in total. The molecule has 1 unspecified atom stereocenters. The van der Waals surface area contributed by atoms with Crippen molar-refractivity contribution in [2.75, 3.05) is 14.2 Å². The Labute approximate surface area is 123 Å². The van der Waals surface area contributed by atoms with E-state index >= 15 is 0 Å². The fourth-order valence-corrected chi connectivity index (χ4v) is 3.03. The largest absolute Gasteiger partial charge is 0.502 e. The van der Waals surface area contributed by atoms with Gasteiger partial charge in [0.15, 0.2) is 23.3 Å². The van der Waals surface area contributed by atoms with Crippen molar-refractivity contribution < 1.29 is 24.0 Å². The summed E-state index contributed by atoms with van der Waals surface area (Å²) in [5, 5.41) is 9.45. The van der Waals surface area contributed by atoms with Crippen LogP contribution in [0.4, 0.5) is 0 Å². The van der Waals surface area contributed by atoms with Crippen LogP contribution in [-0.2, 0) is 17.6 Å². The predicted molar refractivity (Wildman–Crippen MR) is 77.4 cm³/mol. The van der Waals surface area contributed by atoms with Gasteiger partial charge in [0.25, 0.3) is 0 Å². The molecular weight excluding hydrogens is 270 g/mol. The summed E-state index contributed by atoms with van der Waals surface area (Å²) in [7, 11) is 3.24. The number of fused-ring (bicyclic) bond motifs is 1. The summed E-state index contributed by atoms with van der Waals surface area (Å²) >= 11 is 0. The van der Waals surface area contributed by atoms with Gasteiger partial charge in [0.2, 0.25) is 6.21 Å². The number of ether oxygens (including phenoxy) is 2. The van der Waals surface area contributed by atoms with Crippen molar-refractivity contribution in [2.24, 2.45) is 0 Å². The van der Waals surface area contributed by atoms with E-state index in [2.05, 4.69) is 0 Å². The lowest BCUT2D eigenvalue weighted by Crippen LogP contribution is -2.34. The van der Waals surface area contributed by atoms with Gasteiger partial charge >= 0.3 is 5.91 Å². The van der Waals surface area contributed by atoms with Crippen molar-refractivity contribution in [3.05, 3.63) is 35.1 Å². The minimum Gasteiger partial charge on any atom is -0.502 e. The van der Waals surface area contributed by atoms with Gasteiger partial charge in [0, 0.05) is 12.8 Å². The van der Waals surface area contributed by atoms with Gasteiger partial charge in [0.05, 0.1) is 14.2 Å². The molecule has 5 heteroatoms. The van der Waals surface area contributed by atoms with Crippen molar-refractivity contribution in [3.63, 3.8) is 0 Å². The molecule has 1 amide bonds. The first-order valence-corrected chi connectivity index (χ1v) is 6.94. The lowest BCUT2D eigenvalue weighted by Gasteiger charge is -2.22. The van der Waals surface area contributed by atoms with Crippen molar-refractivity contribution >= 4 is 12.1 Å². The molecule has 1 N–H and O–H groups in total. The van der Waals surface area contributed by atoms with Gasteiger partial charge < -0.3 is 14.6 Å². The third-order valence-electron chi connectivity index (χ3n) is 4.10. The first-order chi connectivity index (χ1) is 10.1. The summed E-state index contributed by atoms with van der Waals surface area (Å²) in [6, 6.07) is 4.06. The molecule has 1 heterocycles. The van der Waals surface area contributed by atoms with Gasteiger partial charge in [0.1, 0.15) is 6.08 Å². The molecule has 0 aromatic heterocycles. The summed E-state index contributed by atoms with van der Waals surface area (Å²) in [6.07, 6.45) is 5.26. The highest BCUT2D eigenvalue weighted by Crippen LogP contribution is 2.34. The fraction of sp³-hybridized carbons (Fsp3) is 0.375. The molecule has 0 bridgehead atoms. The van der Waals surface area contributed by atoms with Gasteiger partial charge in [-0.2, -0.15) is 4.58 Å². The lowest BCUT2D eigenvalue weighted by atomic mass is 9.87. The Balaban J connectivity index is 1.89. The number of carbonyl (C=O) groups is 1. The highest BCUT2D eigenvalue weighted by atomic mass is 16.5. The van der Waals surface area contributed by atoms with Crippen LogP contribution >= 0.6 is 0 Å². The number of aliphatic hydroxyl groups excluding tert-OH is 1. The number of methoxy groups -OCH3 is 2. The Morgan fingerprint density at radius 1 is 1.19 bits per heavy atom. The normalized spacial score (nSPS) is 20.7. The number of allylic oxidation sites excluding steroid dienone is 1. The zero-order valence-electron chi connectivity index (χ0n) is 12.1. The predicted octanol–water partition coefficient (Wildman–Crippen LogP) is 1.63. The summed E-state index contributed by atoms with van der Waals surface area (Å²) in [5.74, 6) is 1.31. The van der Waals surface area contributed by atoms with E-state index in [1.807, 2.05) is 12.1 Å². The minimum absolute atomic E-state index is 0.0260. The molecule has 2 aliphatic rings. The molecule has 3 rings (SSSR count). The molecule has 0 saturated heterocycles. The average molecular weight is 288 g/mol. The maximum absolute atomic E-state index is 11.8. The summed E-state index contributed by atoms with van der Waals surface area (Å²) in [6.45, 7) is 0. The van der Waals surface area contributed by atoms with Crippen molar-refractivity contribution in [3.8, 4) is 11.5 Å². The van der Waals surface area contributed by atoms with Crippen molar-refractivity contribution in [1.29, 1.82) is 0 Å². The van der Waals surface area contributed by atoms with Crippen LogP contribution in [0.25, 0.3) is 0 Å². The molecule has 0 saturated carbocycles. The van der Waals surface area contributed by atoms with E-state index in [0.29, 0.717) is 5.75 Å². The molecule has 1 aliphatic carbocycles. The number of aliphatic hydroxyl groups is 1. The van der Waals surface area contributed by atoms with Crippen molar-refractivity contribution in [2.45, 2.75) is 25.3 Å². The summed E-state index contributed by atoms with van der Waals surface area (Å²) < 4.78 is 12.3. The van der Waals surface area contributed by atoms with Crippen LogP contribution in [0.3, 0.4) is 0 Å². The fourth-order valence-electron chi connectivity index (χ4n) is 3.03. The standard InChI is InChI=1S/C16H17NO4/c1-20-14-6-10-3-4-12(5-11(10)7-15(14)21-2)17-9-13(18)8-16(17)19/h6-9,12H,3-5H2,1-2H3/p+1. The van der Waals surface area contributed by atoms with Gasteiger partial charge in [-0.05, 0) is 29.7 Å². The minimum atomic E-state index is -0.151. The number of aryl methyl sites for hydroxylation is 1. The Bertz CT molecular complexity index is 660. The van der Waals surface area contributed by atoms with Gasteiger partial charge in [-0.3, -0.25) is 0 Å². The molecule has 0 radical (unpaired) electrons. The number of amides is 1. The molecule has 1 atom stereocenters.